The van der Waals surface area contributed by atoms with Gasteiger partial charge in [0.05, 0.1) is 27.8 Å². The number of likely N-dealkylation sites (N-methyl/N-ethyl adjacent to an activating group) is 1. The number of aromatic nitrogens is 1. The number of carbonyl (C=O) groups excluding carboxylic acids is 1. The van der Waals surface area contributed by atoms with Crippen LogP contribution >= 0.6 is 11.3 Å². The number of nitrogens with zero attached hydrogens (tertiary/aromatic N) is 5. The molecule has 2 aliphatic heterocycles. The maximum absolute atomic E-state index is 14.6. The predicted octanol–water partition coefficient (Wildman–Crippen LogP) is 5.16. The highest BCUT2D eigenvalue weighted by Gasteiger charge is 2.36. The topological polar surface area (TPSA) is 110 Å². The Morgan fingerprint density at radius 2 is 1.85 bits per heavy atom. The molecule has 3 heterocycles. The maximum atomic E-state index is 14.6. The molecule has 1 atom stereocenters. The van der Waals surface area contributed by atoms with Crippen molar-refractivity contribution in [3.8, 4) is 5.75 Å². The summed E-state index contributed by atoms with van der Waals surface area (Å²) in [6.45, 7) is 8.36. The van der Waals surface area contributed by atoms with Gasteiger partial charge < -0.3 is 14.5 Å². The molecule has 0 saturated carbocycles. The van der Waals surface area contributed by atoms with Crippen molar-refractivity contribution in [2.24, 2.45) is 4.99 Å². The van der Waals surface area contributed by atoms with E-state index in [1.165, 1.54) is 23.5 Å². The fourth-order valence-corrected chi connectivity index (χ4v) is 7.66. The van der Waals surface area contributed by atoms with Crippen molar-refractivity contribution in [2.45, 2.75) is 46.1 Å². The van der Waals surface area contributed by atoms with Crippen LogP contribution in [0.5, 0.6) is 5.75 Å². The summed E-state index contributed by atoms with van der Waals surface area (Å²) in [5, 5.41) is 13.6. The second-order valence-corrected chi connectivity index (χ2v) is 12.5. The van der Waals surface area contributed by atoms with E-state index in [-0.39, 0.29) is 17.2 Å². The zero-order chi connectivity index (χ0) is 32.5. The normalized spacial score (nSPS) is 16.7. The van der Waals surface area contributed by atoms with Crippen LogP contribution in [0, 0.1) is 10.1 Å². The number of nitro groups is 1. The van der Waals surface area contributed by atoms with Gasteiger partial charge in [-0.05, 0) is 69.0 Å². The average Bonchev–Trinajstić information content (AvgIpc) is 3.37. The summed E-state index contributed by atoms with van der Waals surface area (Å²) >= 11 is 1.22. The molecule has 1 aromatic heterocycles. The number of carbonyl (C=O) groups is 1. The quantitative estimate of drug-likeness (QED) is 0.195. The Labute approximate surface area is 270 Å². The van der Waals surface area contributed by atoms with Gasteiger partial charge in [-0.3, -0.25) is 24.3 Å². The van der Waals surface area contributed by atoms with Crippen LogP contribution in [0.15, 0.2) is 75.7 Å². The number of rotatable bonds is 8. The minimum absolute atomic E-state index is 0.0406. The number of nitro benzene ring substituents is 1. The van der Waals surface area contributed by atoms with Gasteiger partial charge in [-0.1, -0.05) is 41.7 Å². The van der Waals surface area contributed by atoms with E-state index in [1.807, 2.05) is 57.2 Å². The van der Waals surface area contributed by atoms with Gasteiger partial charge in [0.2, 0.25) is 0 Å². The molecular formula is C35H37N5O5S. The Hall–Kier alpha value is -4.77. The number of non-ortho nitro benzene ring substituents is 1. The number of benzene rings is 3. The number of fused-ring (bicyclic) bond motifs is 2. The highest BCUT2D eigenvalue weighted by molar-refractivity contribution is 7.07. The minimum atomic E-state index is -0.806. The van der Waals surface area contributed by atoms with Gasteiger partial charge in [0.1, 0.15) is 11.8 Å². The van der Waals surface area contributed by atoms with Gasteiger partial charge in [0.25, 0.3) is 17.2 Å². The van der Waals surface area contributed by atoms with Gasteiger partial charge in [-0.2, -0.15) is 0 Å². The lowest BCUT2D eigenvalue weighted by Gasteiger charge is -2.30. The molecule has 1 saturated heterocycles. The highest BCUT2D eigenvalue weighted by Crippen LogP contribution is 2.40. The monoisotopic (exact) mass is 639 g/mol. The van der Waals surface area contributed by atoms with E-state index in [4.69, 9.17) is 9.73 Å². The van der Waals surface area contributed by atoms with Crippen LogP contribution in [-0.4, -0.2) is 53.6 Å². The van der Waals surface area contributed by atoms with Gasteiger partial charge in [-0.15, -0.1) is 0 Å². The molecule has 1 amide bonds. The first-order valence-electron chi connectivity index (χ1n) is 15.7. The van der Waals surface area contributed by atoms with Crippen LogP contribution in [0.25, 0.3) is 16.8 Å². The van der Waals surface area contributed by atoms with Crippen molar-refractivity contribution < 1.29 is 14.5 Å². The molecule has 2 aliphatic rings. The lowest BCUT2D eigenvalue weighted by atomic mass is 9.90. The highest BCUT2D eigenvalue weighted by atomic mass is 32.1. The number of methoxy groups -OCH3 is 1. The van der Waals surface area contributed by atoms with Crippen molar-refractivity contribution in [3.05, 3.63) is 107 Å². The summed E-state index contributed by atoms with van der Waals surface area (Å²) in [5.41, 5.74) is 2.77. The van der Waals surface area contributed by atoms with E-state index in [1.54, 1.807) is 28.7 Å². The van der Waals surface area contributed by atoms with Crippen molar-refractivity contribution in [1.82, 2.24) is 9.47 Å². The minimum Gasteiger partial charge on any atom is -0.496 e. The van der Waals surface area contributed by atoms with Crippen LogP contribution in [0.1, 0.15) is 57.2 Å². The SMILES string of the molecule is CCN(CC)C(=O)C1=C(C)N=c2s/c(=C\c3cc([N+](=O)[O-])ccc3N3CCCCC3)c(=O)n2[C@H]1c1c(OC)ccc2ccccc12. The van der Waals surface area contributed by atoms with E-state index in [9.17, 15) is 19.7 Å². The second kappa shape index (κ2) is 12.9. The van der Waals surface area contributed by atoms with Gasteiger partial charge in [0, 0.05) is 55.1 Å². The molecule has 46 heavy (non-hydrogen) atoms. The number of piperidine rings is 1. The number of hydrogen-bond donors (Lipinski definition) is 0. The molecule has 0 bridgehead atoms. The Morgan fingerprint density at radius 3 is 2.54 bits per heavy atom. The van der Waals surface area contributed by atoms with Crippen LogP contribution in [0.3, 0.4) is 0 Å². The molecule has 3 aromatic carbocycles. The van der Waals surface area contributed by atoms with Gasteiger partial charge >= 0.3 is 0 Å². The first-order valence-corrected chi connectivity index (χ1v) is 16.5. The fourth-order valence-electron chi connectivity index (χ4n) is 6.62. The largest absolute Gasteiger partial charge is 0.496 e. The summed E-state index contributed by atoms with van der Waals surface area (Å²) in [5.74, 6) is 0.371. The summed E-state index contributed by atoms with van der Waals surface area (Å²) in [6.07, 6.45) is 4.95. The van der Waals surface area contributed by atoms with Crippen LogP contribution in [0.4, 0.5) is 11.4 Å². The second-order valence-electron chi connectivity index (χ2n) is 11.5. The summed E-state index contributed by atoms with van der Waals surface area (Å²) in [4.78, 5) is 49.4. The van der Waals surface area contributed by atoms with Crippen molar-refractivity contribution in [3.63, 3.8) is 0 Å². The Bertz CT molecular complexity index is 2050. The maximum Gasteiger partial charge on any atom is 0.271 e. The third-order valence-electron chi connectivity index (χ3n) is 8.93. The third kappa shape index (κ3) is 5.49. The molecular weight excluding hydrogens is 602 g/mol. The zero-order valence-electron chi connectivity index (χ0n) is 26.5. The van der Waals surface area contributed by atoms with Crippen LogP contribution in [-0.2, 0) is 4.79 Å². The standard InChI is InChI=1S/C35H37N5O5S/c1-5-37(6-2)34(42)30-22(3)36-35-39(32(30)31-26-13-9-8-12-23(26)14-17-28(31)45-4)33(41)29(46-35)21-24-20-25(40(43)44)15-16-27(24)38-18-10-7-11-19-38/h8-9,12-17,20-21,32H,5-7,10-11,18-19H2,1-4H3/b29-21-/t32-/m1/s1. The fraction of sp³-hybridized carbons (Fsp3) is 0.343. The molecule has 1 fully saturated rings. The van der Waals surface area contributed by atoms with Crippen molar-refractivity contribution >= 4 is 45.5 Å². The number of hydrogen-bond acceptors (Lipinski definition) is 8. The molecule has 238 valence electrons. The van der Waals surface area contributed by atoms with E-state index in [2.05, 4.69) is 4.90 Å². The van der Waals surface area contributed by atoms with Crippen LogP contribution in [0.2, 0.25) is 0 Å². The Balaban J connectivity index is 1.64. The molecule has 10 nitrogen and oxygen atoms in total. The van der Waals surface area contributed by atoms with Crippen molar-refractivity contribution in [2.75, 3.05) is 38.2 Å². The smallest absolute Gasteiger partial charge is 0.271 e. The Kier molecular flexibility index (Phi) is 8.77. The molecule has 0 N–H and O–H groups in total. The van der Waals surface area contributed by atoms with E-state index >= 15 is 0 Å². The number of allylic oxidation sites excluding steroid dienone is 1. The number of thiazole rings is 1. The summed E-state index contributed by atoms with van der Waals surface area (Å²) in [6, 6.07) is 15.7. The molecule has 4 aromatic rings. The molecule has 0 radical (unpaired) electrons. The van der Waals surface area contributed by atoms with E-state index in [0.29, 0.717) is 50.6 Å². The first-order chi connectivity index (χ1) is 22.3. The van der Waals surface area contributed by atoms with Crippen molar-refractivity contribution in [1.29, 1.82) is 0 Å². The van der Waals surface area contributed by atoms with Crippen LogP contribution < -0.4 is 24.5 Å². The Morgan fingerprint density at radius 1 is 1.11 bits per heavy atom. The third-order valence-corrected chi connectivity index (χ3v) is 9.92. The molecule has 0 spiro atoms. The van der Waals surface area contributed by atoms with Gasteiger partial charge in [-0.25, -0.2) is 4.99 Å². The lowest BCUT2D eigenvalue weighted by molar-refractivity contribution is -0.384. The van der Waals surface area contributed by atoms with E-state index < -0.39 is 11.0 Å². The molecule has 11 heteroatoms. The molecule has 0 aliphatic carbocycles. The zero-order valence-corrected chi connectivity index (χ0v) is 27.3. The van der Waals surface area contributed by atoms with Gasteiger partial charge in [0.15, 0.2) is 4.80 Å². The average molecular weight is 640 g/mol. The summed E-state index contributed by atoms with van der Waals surface area (Å²) < 4.78 is 7.87. The molecule has 6 rings (SSSR count). The number of ether oxygens (including phenoxy) is 1. The molecule has 0 unspecified atom stereocenters. The van der Waals surface area contributed by atoms with E-state index in [0.717, 1.165) is 48.8 Å². The first kappa shape index (κ1) is 31.2. The number of anilines is 1. The lowest BCUT2D eigenvalue weighted by Crippen LogP contribution is -2.43. The number of amides is 1. The summed E-state index contributed by atoms with van der Waals surface area (Å²) in [7, 11) is 1.59. The predicted molar refractivity (Wildman–Crippen MR) is 181 cm³/mol.